The molecule has 0 radical (unpaired) electrons. The Morgan fingerprint density at radius 1 is 1.41 bits per heavy atom. The smallest absolute Gasteiger partial charge is 0.341 e. The molecule has 2 heterocycles. The highest BCUT2D eigenvalue weighted by Gasteiger charge is 2.30. The molecule has 5 nitrogen and oxygen atoms in total. The van der Waals surface area contributed by atoms with Gasteiger partial charge in [-0.2, -0.15) is 0 Å². The number of nitrogens with zero attached hydrogens (tertiary/aromatic N) is 1. The molecule has 2 unspecified atom stereocenters. The first-order valence-electron chi connectivity index (χ1n) is 7.70. The van der Waals surface area contributed by atoms with Crippen LogP contribution in [0, 0.1) is 6.92 Å². The Morgan fingerprint density at radius 2 is 2.05 bits per heavy atom. The van der Waals surface area contributed by atoms with Gasteiger partial charge in [-0.25, -0.2) is 4.79 Å². The lowest BCUT2D eigenvalue weighted by atomic mass is 10.1. The number of ether oxygens (including phenoxy) is 1. The van der Waals surface area contributed by atoms with Crippen molar-refractivity contribution in [3.8, 4) is 0 Å². The van der Waals surface area contributed by atoms with Gasteiger partial charge in [-0.15, -0.1) is 0 Å². The first-order valence-corrected chi connectivity index (χ1v) is 7.70. The van der Waals surface area contributed by atoms with Crippen molar-refractivity contribution in [1.82, 2.24) is 4.57 Å². The molecule has 0 amide bonds. The fraction of sp³-hybridized carbons (Fsp3) is 0.588. The second-order valence-corrected chi connectivity index (χ2v) is 6.86. The Bertz CT molecular complexity index is 606. The maximum Gasteiger partial charge on any atom is 0.341 e. The fourth-order valence-electron chi connectivity index (χ4n) is 2.72. The molecular weight excluding hydrogens is 280 g/mol. The number of aliphatic hydroxyl groups is 1. The van der Waals surface area contributed by atoms with Gasteiger partial charge in [0.15, 0.2) is 0 Å². The number of aromatic nitrogens is 1. The highest BCUT2D eigenvalue weighted by atomic mass is 16.6. The Morgan fingerprint density at radius 3 is 2.59 bits per heavy atom. The molecule has 1 aromatic heterocycles. The molecule has 122 valence electrons. The van der Waals surface area contributed by atoms with Crippen LogP contribution in [0.15, 0.2) is 6.08 Å². The molecule has 5 heteroatoms. The molecule has 0 aliphatic carbocycles. The zero-order valence-corrected chi connectivity index (χ0v) is 14.2. The van der Waals surface area contributed by atoms with Crippen LogP contribution in [0.1, 0.15) is 62.3 Å². The van der Waals surface area contributed by atoms with Crippen molar-refractivity contribution in [2.45, 2.75) is 59.3 Å². The van der Waals surface area contributed by atoms with E-state index in [1.54, 1.807) is 6.92 Å². The molecule has 0 fully saturated rings. The minimum absolute atomic E-state index is 0.135. The number of anilines is 1. The first-order chi connectivity index (χ1) is 10.1. The molecule has 22 heavy (non-hydrogen) atoms. The third kappa shape index (κ3) is 3.04. The molecule has 2 rings (SSSR count). The zero-order valence-electron chi connectivity index (χ0n) is 14.2. The summed E-state index contributed by atoms with van der Waals surface area (Å²) in [5.41, 5.74) is 1.68. The van der Waals surface area contributed by atoms with Crippen LogP contribution in [0.3, 0.4) is 0 Å². The quantitative estimate of drug-likeness (QED) is 0.842. The molecule has 0 spiro atoms. The predicted octanol–water partition coefficient (Wildman–Crippen LogP) is 3.13. The normalized spacial score (nSPS) is 16.7. The molecule has 2 atom stereocenters. The molecule has 1 aromatic rings. The number of rotatable bonds is 3. The van der Waals surface area contributed by atoms with E-state index in [0.717, 1.165) is 17.1 Å². The summed E-state index contributed by atoms with van der Waals surface area (Å²) in [5, 5.41) is 13.3. The zero-order chi connectivity index (χ0) is 16.7. The van der Waals surface area contributed by atoms with Gasteiger partial charge in [0, 0.05) is 17.8 Å². The molecular formula is C17H26N2O3. The standard InChI is InChI=1S/C17H26N2O3/c1-10(12(3)20)19-11(2)14(16(21)22-17(4,5)6)13-8-7-9-18-15(13)19/h7-8,10,12,18,20H,9H2,1-6H3. The Labute approximate surface area is 132 Å². The number of carbonyl (C=O) groups excluding carboxylic acids is 1. The first kappa shape index (κ1) is 16.6. The van der Waals surface area contributed by atoms with Gasteiger partial charge in [0.05, 0.1) is 17.7 Å². The third-order valence-corrected chi connectivity index (χ3v) is 3.87. The van der Waals surface area contributed by atoms with Crippen molar-refractivity contribution in [3.05, 3.63) is 22.9 Å². The van der Waals surface area contributed by atoms with Crippen LogP contribution in [-0.4, -0.2) is 33.9 Å². The molecule has 0 aromatic carbocycles. The third-order valence-electron chi connectivity index (χ3n) is 3.87. The molecule has 0 saturated heterocycles. The van der Waals surface area contributed by atoms with Gasteiger partial charge in [-0.1, -0.05) is 12.2 Å². The van der Waals surface area contributed by atoms with Crippen molar-refractivity contribution >= 4 is 17.9 Å². The van der Waals surface area contributed by atoms with E-state index >= 15 is 0 Å². The maximum absolute atomic E-state index is 12.6. The summed E-state index contributed by atoms with van der Waals surface area (Å²) in [5.74, 6) is 0.542. The van der Waals surface area contributed by atoms with E-state index in [1.165, 1.54) is 0 Å². The summed E-state index contributed by atoms with van der Waals surface area (Å²) in [6, 6.07) is -0.135. The van der Waals surface area contributed by atoms with Crippen molar-refractivity contribution in [2.24, 2.45) is 0 Å². The second-order valence-electron chi connectivity index (χ2n) is 6.86. The lowest BCUT2D eigenvalue weighted by Crippen LogP contribution is -2.25. The second kappa shape index (κ2) is 5.80. The van der Waals surface area contributed by atoms with Crippen LogP contribution < -0.4 is 5.32 Å². The van der Waals surface area contributed by atoms with Crippen molar-refractivity contribution in [1.29, 1.82) is 0 Å². The van der Waals surface area contributed by atoms with Gasteiger partial charge in [-0.05, 0) is 41.5 Å². The predicted molar refractivity (Wildman–Crippen MR) is 88.3 cm³/mol. The number of aliphatic hydroxyl groups excluding tert-OH is 1. The SMILES string of the molecule is Cc1c(C(=O)OC(C)(C)C)c2c(n1C(C)C(C)O)NCC=C2. The van der Waals surface area contributed by atoms with Crippen LogP contribution in [0.2, 0.25) is 0 Å². The summed E-state index contributed by atoms with van der Waals surface area (Å²) >= 11 is 0. The molecule has 2 N–H and O–H groups in total. The Hall–Kier alpha value is -1.75. The average Bonchev–Trinajstić information content (AvgIpc) is 2.67. The van der Waals surface area contributed by atoms with Crippen LogP contribution in [0.5, 0.6) is 0 Å². The lowest BCUT2D eigenvalue weighted by Gasteiger charge is -2.23. The number of nitrogens with one attached hydrogen (secondary N) is 1. The Kier molecular flexibility index (Phi) is 4.38. The van der Waals surface area contributed by atoms with Crippen LogP contribution in [0.4, 0.5) is 5.82 Å². The van der Waals surface area contributed by atoms with E-state index in [4.69, 9.17) is 4.74 Å². The minimum atomic E-state index is -0.541. The molecule has 0 saturated carbocycles. The number of fused-ring (bicyclic) bond motifs is 1. The van der Waals surface area contributed by atoms with Crippen LogP contribution >= 0.6 is 0 Å². The van der Waals surface area contributed by atoms with Gasteiger partial charge in [0.25, 0.3) is 0 Å². The topological polar surface area (TPSA) is 63.5 Å². The van der Waals surface area contributed by atoms with Gasteiger partial charge < -0.3 is 19.7 Å². The highest BCUT2D eigenvalue weighted by Crippen LogP contribution is 2.35. The largest absolute Gasteiger partial charge is 0.456 e. The van der Waals surface area contributed by atoms with Gasteiger partial charge >= 0.3 is 5.97 Å². The summed E-state index contributed by atoms with van der Waals surface area (Å²) in [6.45, 7) is 11.9. The van der Waals surface area contributed by atoms with Gasteiger partial charge in [0.2, 0.25) is 0 Å². The number of hydrogen-bond acceptors (Lipinski definition) is 4. The monoisotopic (exact) mass is 306 g/mol. The van der Waals surface area contributed by atoms with E-state index in [0.29, 0.717) is 12.1 Å². The summed E-state index contributed by atoms with van der Waals surface area (Å²) in [4.78, 5) is 12.6. The van der Waals surface area contributed by atoms with Gasteiger partial charge in [0.1, 0.15) is 11.4 Å². The van der Waals surface area contributed by atoms with E-state index in [-0.39, 0.29) is 12.0 Å². The minimum Gasteiger partial charge on any atom is -0.456 e. The fourth-order valence-corrected chi connectivity index (χ4v) is 2.72. The number of carbonyl (C=O) groups is 1. The van der Waals surface area contributed by atoms with E-state index in [1.807, 2.05) is 51.3 Å². The Balaban J connectivity index is 2.56. The summed E-state index contributed by atoms with van der Waals surface area (Å²) in [7, 11) is 0. The maximum atomic E-state index is 12.6. The summed E-state index contributed by atoms with van der Waals surface area (Å²) in [6.07, 6.45) is 3.41. The van der Waals surface area contributed by atoms with E-state index < -0.39 is 11.7 Å². The highest BCUT2D eigenvalue weighted by molar-refractivity contribution is 5.98. The van der Waals surface area contributed by atoms with Crippen molar-refractivity contribution < 1.29 is 14.6 Å². The van der Waals surface area contributed by atoms with E-state index in [2.05, 4.69) is 5.32 Å². The lowest BCUT2D eigenvalue weighted by molar-refractivity contribution is 0.00680. The molecule has 1 aliphatic heterocycles. The number of esters is 1. The molecule has 1 aliphatic rings. The number of hydrogen-bond donors (Lipinski definition) is 2. The average molecular weight is 306 g/mol. The van der Waals surface area contributed by atoms with E-state index in [9.17, 15) is 9.90 Å². The van der Waals surface area contributed by atoms with Crippen molar-refractivity contribution in [2.75, 3.05) is 11.9 Å². The summed E-state index contributed by atoms with van der Waals surface area (Å²) < 4.78 is 7.54. The van der Waals surface area contributed by atoms with Crippen LogP contribution in [-0.2, 0) is 4.74 Å². The van der Waals surface area contributed by atoms with Crippen molar-refractivity contribution in [3.63, 3.8) is 0 Å². The van der Waals surface area contributed by atoms with Crippen LogP contribution in [0.25, 0.3) is 6.08 Å². The molecule has 0 bridgehead atoms. The van der Waals surface area contributed by atoms with Gasteiger partial charge in [-0.3, -0.25) is 0 Å².